The van der Waals surface area contributed by atoms with Crippen LogP contribution in [0.5, 0.6) is 0 Å². The van der Waals surface area contributed by atoms with Gasteiger partial charge >= 0.3 is 0 Å². The van der Waals surface area contributed by atoms with Gasteiger partial charge in [0.15, 0.2) is 5.82 Å². The van der Waals surface area contributed by atoms with Gasteiger partial charge in [0, 0.05) is 60.1 Å². The maximum Gasteiger partial charge on any atom is 0.159 e. The molecule has 0 fully saturated rings. The third-order valence-corrected chi connectivity index (χ3v) is 4.91. The van der Waals surface area contributed by atoms with Crippen LogP contribution in [0.15, 0.2) is 42.7 Å². The lowest BCUT2D eigenvalue weighted by atomic mass is 9.89. The first-order chi connectivity index (χ1) is 12.5. The Balaban J connectivity index is 1.51. The zero-order valence-corrected chi connectivity index (χ0v) is 15.7. The Hall–Kier alpha value is -2.53. The molecule has 4 rings (SSSR count). The molecule has 0 radical (unpaired) electrons. The molecule has 1 N–H and O–H groups in total. The first-order valence-corrected chi connectivity index (χ1v) is 9.16. The van der Waals surface area contributed by atoms with Gasteiger partial charge in [-0.2, -0.15) is 5.10 Å². The fraction of sp³-hybridized carbons (Fsp3) is 0.381. The van der Waals surface area contributed by atoms with Crippen molar-refractivity contribution in [1.29, 1.82) is 0 Å². The van der Waals surface area contributed by atoms with Crippen molar-refractivity contribution < 1.29 is 0 Å². The van der Waals surface area contributed by atoms with Gasteiger partial charge < -0.3 is 0 Å². The van der Waals surface area contributed by atoms with E-state index in [0.717, 1.165) is 37.4 Å². The summed E-state index contributed by atoms with van der Waals surface area (Å²) in [4.78, 5) is 11.9. The van der Waals surface area contributed by atoms with Crippen molar-refractivity contribution in [3.05, 3.63) is 65.2 Å². The minimum Gasteiger partial charge on any atom is -0.294 e. The molecule has 0 amide bonds. The van der Waals surface area contributed by atoms with Crippen molar-refractivity contribution in [2.45, 2.75) is 45.7 Å². The van der Waals surface area contributed by atoms with Crippen molar-refractivity contribution in [3.63, 3.8) is 0 Å². The number of benzene rings is 1. The second-order valence-electron chi connectivity index (χ2n) is 8.01. The van der Waals surface area contributed by atoms with E-state index in [0.29, 0.717) is 0 Å². The number of rotatable bonds is 3. The second-order valence-corrected chi connectivity index (χ2v) is 8.01. The van der Waals surface area contributed by atoms with Crippen molar-refractivity contribution in [2.75, 3.05) is 6.54 Å². The maximum atomic E-state index is 4.82. The Bertz CT molecular complexity index is 892. The molecule has 0 atom stereocenters. The third-order valence-electron chi connectivity index (χ3n) is 4.91. The van der Waals surface area contributed by atoms with Gasteiger partial charge in [-0.05, 0) is 0 Å². The zero-order chi connectivity index (χ0) is 18.1. The molecule has 3 aromatic rings. The minimum absolute atomic E-state index is 0.0766. The van der Waals surface area contributed by atoms with E-state index in [2.05, 4.69) is 53.0 Å². The summed E-state index contributed by atoms with van der Waals surface area (Å²) in [5.74, 6) is 0.822. The highest BCUT2D eigenvalue weighted by atomic mass is 15.2. The summed E-state index contributed by atoms with van der Waals surface area (Å²) >= 11 is 0. The molecule has 0 bridgehead atoms. The second kappa shape index (κ2) is 6.65. The van der Waals surface area contributed by atoms with Crippen molar-refractivity contribution in [2.24, 2.45) is 0 Å². The van der Waals surface area contributed by atoms with E-state index >= 15 is 0 Å². The Morgan fingerprint density at radius 2 is 1.92 bits per heavy atom. The minimum atomic E-state index is 0.0766. The van der Waals surface area contributed by atoms with Crippen LogP contribution in [-0.2, 0) is 24.9 Å². The topological polar surface area (TPSA) is 57.7 Å². The van der Waals surface area contributed by atoms with E-state index in [1.54, 1.807) is 0 Å². The van der Waals surface area contributed by atoms with Gasteiger partial charge in [-0.15, -0.1) is 0 Å². The summed E-state index contributed by atoms with van der Waals surface area (Å²) in [6.07, 6.45) is 4.92. The van der Waals surface area contributed by atoms with Gasteiger partial charge in [0.25, 0.3) is 0 Å². The number of nitrogens with one attached hydrogen (secondary N) is 1. The summed E-state index contributed by atoms with van der Waals surface area (Å²) < 4.78 is 0. The molecule has 0 saturated carbocycles. The molecular weight excluding hydrogens is 322 g/mol. The van der Waals surface area contributed by atoms with E-state index in [-0.39, 0.29) is 5.41 Å². The summed E-state index contributed by atoms with van der Waals surface area (Å²) in [6.45, 7) is 9.45. The molecule has 0 unspecified atom stereocenters. The van der Waals surface area contributed by atoms with Gasteiger partial charge in [-0.3, -0.25) is 10.00 Å². The summed E-state index contributed by atoms with van der Waals surface area (Å²) in [5, 5.41) is 7.45. The molecule has 1 aliphatic rings. The predicted octanol–water partition coefficient (Wildman–Crippen LogP) is 3.72. The monoisotopic (exact) mass is 347 g/mol. The van der Waals surface area contributed by atoms with Crippen molar-refractivity contribution in [1.82, 2.24) is 25.1 Å². The van der Waals surface area contributed by atoms with Crippen LogP contribution in [0.4, 0.5) is 0 Å². The Morgan fingerprint density at radius 1 is 1.12 bits per heavy atom. The van der Waals surface area contributed by atoms with Gasteiger partial charge in [0.05, 0.1) is 11.9 Å². The molecular formula is C21H25N5. The molecule has 0 aliphatic carbocycles. The largest absolute Gasteiger partial charge is 0.294 e. The van der Waals surface area contributed by atoms with Crippen LogP contribution >= 0.6 is 0 Å². The van der Waals surface area contributed by atoms with Crippen LogP contribution < -0.4 is 0 Å². The zero-order valence-electron chi connectivity index (χ0n) is 15.7. The third kappa shape index (κ3) is 3.40. The number of fused-ring (bicyclic) bond motifs is 1. The smallest absolute Gasteiger partial charge is 0.159 e. The van der Waals surface area contributed by atoms with Crippen LogP contribution in [0.25, 0.3) is 11.4 Å². The predicted molar refractivity (Wildman–Crippen MR) is 103 cm³/mol. The molecule has 1 aromatic carbocycles. The number of hydrogen-bond acceptors (Lipinski definition) is 4. The Kier molecular flexibility index (Phi) is 4.32. The number of nitrogens with zero attached hydrogens (tertiary/aromatic N) is 4. The molecule has 1 aliphatic heterocycles. The van der Waals surface area contributed by atoms with E-state index in [1.165, 1.54) is 22.5 Å². The van der Waals surface area contributed by atoms with Crippen LogP contribution in [-0.4, -0.2) is 31.6 Å². The van der Waals surface area contributed by atoms with Gasteiger partial charge in [-0.1, -0.05) is 51.1 Å². The molecule has 26 heavy (non-hydrogen) atoms. The van der Waals surface area contributed by atoms with Crippen molar-refractivity contribution >= 4 is 0 Å². The lowest BCUT2D eigenvalue weighted by Gasteiger charge is -2.29. The number of aromatic nitrogens is 4. The van der Waals surface area contributed by atoms with E-state index in [1.807, 2.05) is 30.6 Å². The first kappa shape index (κ1) is 16.9. The molecule has 3 heterocycles. The highest BCUT2D eigenvalue weighted by Gasteiger charge is 2.24. The van der Waals surface area contributed by atoms with Crippen molar-refractivity contribution in [3.8, 4) is 11.4 Å². The average Bonchev–Trinajstić information content (AvgIpc) is 3.10. The van der Waals surface area contributed by atoms with Gasteiger partial charge in [0.2, 0.25) is 0 Å². The highest BCUT2D eigenvalue weighted by Crippen LogP contribution is 2.26. The average molecular weight is 347 g/mol. The summed E-state index contributed by atoms with van der Waals surface area (Å²) in [6, 6.07) is 10.2. The standard InChI is InChI=1S/C21H25N5/c1-21(2,3)19-17(12-23-25-19)14-26-10-9-18-16(13-26)11-22-20(24-18)15-7-5-4-6-8-15/h4-8,11-12H,9-10,13-14H2,1-3H3,(H,23,25). The number of aromatic amines is 1. The normalized spacial score (nSPS) is 15.0. The lowest BCUT2D eigenvalue weighted by Crippen LogP contribution is -2.31. The number of hydrogen-bond donors (Lipinski definition) is 1. The lowest BCUT2D eigenvalue weighted by molar-refractivity contribution is 0.241. The molecule has 0 saturated heterocycles. The Morgan fingerprint density at radius 3 is 2.69 bits per heavy atom. The van der Waals surface area contributed by atoms with E-state index < -0.39 is 0 Å². The molecule has 0 spiro atoms. The van der Waals surface area contributed by atoms with Gasteiger partial charge in [0.1, 0.15) is 0 Å². The quantitative estimate of drug-likeness (QED) is 0.784. The van der Waals surface area contributed by atoms with Crippen LogP contribution in [0.1, 0.15) is 43.3 Å². The maximum absolute atomic E-state index is 4.82. The molecule has 5 heteroatoms. The van der Waals surface area contributed by atoms with Crippen LogP contribution in [0, 0.1) is 0 Å². The molecule has 2 aromatic heterocycles. The SMILES string of the molecule is CC(C)(C)c1[nH]ncc1CN1CCc2nc(-c3ccccc3)ncc2C1. The summed E-state index contributed by atoms with van der Waals surface area (Å²) in [5.41, 5.74) is 6.07. The van der Waals surface area contributed by atoms with E-state index in [4.69, 9.17) is 4.98 Å². The molecule has 5 nitrogen and oxygen atoms in total. The Labute approximate surface area is 154 Å². The van der Waals surface area contributed by atoms with Crippen LogP contribution in [0.2, 0.25) is 0 Å². The molecule has 134 valence electrons. The fourth-order valence-corrected chi connectivity index (χ4v) is 3.56. The van der Waals surface area contributed by atoms with Gasteiger partial charge in [-0.25, -0.2) is 9.97 Å². The number of H-pyrrole nitrogens is 1. The fourth-order valence-electron chi connectivity index (χ4n) is 3.56. The highest BCUT2D eigenvalue weighted by molar-refractivity contribution is 5.54. The van der Waals surface area contributed by atoms with E-state index in [9.17, 15) is 0 Å². The van der Waals surface area contributed by atoms with Crippen LogP contribution in [0.3, 0.4) is 0 Å². The first-order valence-electron chi connectivity index (χ1n) is 9.16. The summed E-state index contributed by atoms with van der Waals surface area (Å²) in [7, 11) is 0.